The summed E-state index contributed by atoms with van der Waals surface area (Å²) in [6, 6.07) is 5.28. The highest BCUT2D eigenvalue weighted by molar-refractivity contribution is 5.85. The lowest BCUT2D eigenvalue weighted by atomic mass is 10.4. The smallest absolute Gasteiger partial charge is 0.356 e. The van der Waals surface area contributed by atoms with Crippen LogP contribution in [-0.2, 0) is 0 Å². The summed E-state index contributed by atoms with van der Waals surface area (Å²) in [6.07, 6.45) is 2.75. The topological polar surface area (TPSA) is 78.4 Å². The van der Waals surface area contributed by atoms with E-state index in [4.69, 9.17) is 10.4 Å². The molecule has 0 fully saturated rings. The first kappa shape index (κ1) is 8.26. The molecule has 2 aromatic rings. The molecule has 0 radical (unpaired) electrons. The van der Waals surface area contributed by atoms with E-state index in [1.165, 1.54) is 16.8 Å². The number of aromatic carboxylic acids is 1. The molecule has 0 atom stereocenters. The van der Waals surface area contributed by atoms with E-state index in [9.17, 15) is 4.79 Å². The second-order valence-corrected chi connectivity index (χ2v) is 2.70. The van der Waals surface area contributed by atoms with E-state index in [1.54, 1.807) is 12.1 Å². The summed E-state index contributed by atoms with van der Waals surface area (Å²) in [6.45, 7) is 0. The van der Waals surface area contributed by atoms with Crippen LogP contribution in [0.1, 0.15) is 16.2 Å². The Morgan fingerprint density at radius 2 is 2.36 bits per heavy atom. The van der Waals surface area contributed by atoms with Crippen LogP contribution in [-0.4, -0.2) is 20.5 Å². The Balaban J connectivity index is 2.75. The summed E-state index contributed by atoms with van der Waals surface area (Å²) in [5.74, 6) is -1.11. The number of carboxylic acid groups (broad SMARTS) is 1. The molecule has 0 aliphatic heterocycles. The Labute approximate surface area is 78.8 Å². The van der Waals surface area contributed by atoms with Crippen molar-refractivity contribution in [1.29, 1.82) is 5.26 Å². The molecule has 0 aromatic carbocycles. The van der Waals surface area contributed by atoms with E-state index in [-0.39, 0.29) is 5.69 Å². The number of aromatic nitrogens is 2. The number of hydrogen-bond donors (Lipinski definition) is 1. The lowest BCUT2D eigenvalue weighted by Crippen LogP contribution is -2.02. The molecule has 2 heterocycles. The van der Waals surface area contributed by atoms with Crippen molar-refractivity contribution < 1.29 is 9.90 Å². The molecular formula is C9H5N3O2. The van der Waals surface area contributed by atoms with E-state index >= 15 is 0 Å². The number of hydrogen-bond acceptors (Lipinski definition) is 3. The minimum absolute atomic E-state index is 0.0785. The van der Waals surface area contributed by atoms with Crippen LogP contribution in [0.15, 0.2) is 24.5 Å². The molecule has 2 rings (SSSR count). The zero-order valence-electron chi connectivity index (χ0n) is 7.01. The van der Waals surface area contributed by atoms with E-state index in [1.807, 2.05) is 6.07 Å². The van der Waals surface area contributed by atoms with Crippen LogP contribution in [0.25, 0.3) is 5.52 Å². The minimum Gasteiger partial charge on any atom is -0.476 e. The summed E-state index contributed by atoms with van der Waals surface area (Å²) in [4.78, 5) is 14.3. The lowest BCUT2D eigenvalue weighted by molar-refractivity contribution is 0.0690. The van der Waals surface area contributed by atoms with Gasteiger partial charge in [0, 0.05) is 6.20 Å². The SMILES string of the molecule is N#Cc1ccc2cnc(C(=O)O)cn12. The Hall–Kier alpha value is -2.35. The number of fused-ring (bicyclic) bond motifs is 1. The predicted octanol–water partition coefficient (Wildman–Crippen LogP) is 0.904. The van der Waals surface area contributed by atoms with Crippen LogP contribution in [0.5, 0.6) is 0 Å². The van der Waals surface area contributed by atoms with Gasteiger partial charge in [0.05, 0.1) is 11.7 Å². The number of rotatable bonds is 1. The van der Waals surface area contributed by atoms with Gasteiger partial charge in [0.15, 0.2) is 5.69 Å². The van der Waals surface area contributed by atoms with Gasteiger partial charge in [0.25, 0.3) is 0 Å². The first-order valence-electron chi connectivity index (χ1n) is 3.83. The molecule has 5 heteroatoms. The van der Waals surface area contributed by atoms with Crippen molar-refractivity contribution in [1.82, 2.24) is 9.38 Å². The largest absolute Gasteiger partial charge is 0.476 e. The summed E-state index contributed by atoms with van der Waals surface area (Å²) in [5.41, 5.74) is 1.02. The van der Waals surface area contributed by atoms with Crippen molar-refractivity contribution in [3.63, 3.8) is 0 Å². The normalized spacial score (nSPS) is 9.93. The molecule has 0 spiro atoms. The van der Waals surface area contributed by atoms with Gasteiger partial charge in [-0.15, -0.1) is 0 Å². The fourth-order valence-corrected chi connectivity index (χ4v) is 1.21. The molecule has 0 unspecified atom stereocenters. The maximum absolute atomic E-state index is 10.6. The fraction of sp³-hybridized carbons (Fsp3) is 0. The van der Waals surface area contributed by atoms with Crippen LogP contribution in [0, 0.1) is 11.3 Å². The van der Waals surface area contributed by atoms with E-state index < -0.39 is 5.97 Å². The fourth-order valence-electron chi connectivity index (χ4n) is 1.21. The van der Waals surface area contributed by atoms with Crippen LogP contribution >= 0.6 is 0 Å². The molecule has 0 aliphatic carbocycles. The molecule has 2 aromatic heterocycles. The third-order valence-corrected chi connectivity index (χ3v) is 1.87. The van der Waals surface area contributed by atoms with Crippen LogP contribution in [0.3, 0.4) is 0 Å². The molecule has 68 valence electrons. The second-order valence-electron chi connectivity index (χ2n) is 2.70. The van der Waals surface area contributed by atoms with E-state index in [0.717, 1.165) is 0 Å². The van der Waals surface area contributed by atoms with Crippen LogP contribution < -0.4 is 0 Å². The average Bonchev–Trinajstić information content (AvgIpc) is 2.59. The number of carboxylic acids is 1. The molecular weight excluding hydrogens is 182 g/mol. The quantitative estimate of drug-likeness (QED) is 0.719. The summed E-state index contributed by atoms with van der Waals surface area (Å²) >= 11 is 0. The standard InChI is InChI=1S/C9H5N3O2/c10-3-6-1-2-7-4-11-8(9(13)14)5-12(6)7/h1-2,4-5H,(H,13,14). The molecule has 0 saturated carbocycles. The van der Waals surface area contributed by atoms with Gasteiger partial charge in [0.2, 0.25) is 0 Å². The van der Waals surface area contributed by atoms with Crippen LogP contribution in [0.2, 0.25) is 0 Å². The van der Waals surface area contributed by atoms with Gasteiger partial charge in [0.1, 0.15) is 11.8 Å². The summed E-state index contributed by atoms with van der Waals surface area (Å²) < 4.78 is 1.50. The third-order valence-electron chi connectivity index (χ3n) is 1.87. The Morgan fingerprint density at radius 1 is 1.57 bits per heavy atom. The van der Waals surface area contributed by atoms with Crippen molar-refractivity contribution in [3.05, 3.63) is 35.9 Å². The van der Waals surface area contributed by atoms with Crippen molar-refractivity contribution in [2.45, 2.75) is 0 Å². The van der Waals surface area contributed by atoms with E-state index in [2.05, 4.69) is 4.98 Å². The lowest BCUT2D eigenvalue weighted by Gasteiger charge is -1.97. The predicted molar refractivity (Wildman–Crippen MR) is 46.9 cm³/mol. The second kappa shape index (κ2) is 2.85. The van der Waals surface area contributed by atoms with Gasteiger partial charge < -0.3 is 9.51 Å². The molecule has 0 aliphatic rings. The zero-order valence-corrected chi connectivity index (χ0v) is 7.01. The monoisotopic (exact) mass is 187 g/mol. The first-order chi connectivity index (χ1) is 6.72. The van der Waals surface area contributed by atoms with Crippen molar-refractivity contribution in [2.75, 3.05) is 0 Å². The van der Waals surface area contributed by atoms with Crippen molar-refractivity contribution in [2.24, 2.45) is 0 Å². The highest BCUT2D eigenvalue weighted by Crippen LogP contribution is 2.09. The maximum Gasteiger partial charge on any atom is 0.356 e. The van der Waals surface area contributed by atoms with Gasteiger partial charge in [-0.05, 0) is 12.1 Å². The Kier molecular flexibility index (Phi) is 1.68. The minimum atomic E-state index is -1.11. The van der Waals surface area contributed by atoms with Gasteiger partial charge in [-0.1, -0.05) is 0 Å². The van der Waals surface area contributed by atoms with Gasteiger partial charge in [-0.3, -0.25) is 0 Å². The average molecular weight is 187 g/mol. The first-order valence-corrected chi connectivity index (χ1v) is 3.83. The number of nitrogens with zero attached hydrogens (tertiary/aromatic N) is 3. The summed E-state index contributed by atoms with van der Waals surface area (Å²) in [7, 11) is 0. The Morgan fingerprint density at radius 3 is 3.00 bits per heavy atom. The third kappa shape index (κ3) is 1.10. The van der Waals surface area contributed by atoms with Gasteiger partial charge in [-0.2, -0.15) is 5.26 Å². The Bertz CT molecular complexity index is 551. The maximum atomic E-state index is 10.6. The number of nitriles is 1. The molecule has 0 saturated heterocycles. The van der Waals surface area contributed by atoms with Gasteiger partial charge >= 0.3 is 5.97 Å². The molecule has 1 N–H and O–H groups in total. The van der Waals surface area contributed by atoms with Crippen molar-refractivity contribution in [3.8, 4) is 6.07 Å². The molecule has 0 amide bonds. The van der Waals surface area contributed by atoms with Gasteiger partial charge in [-0.25, -0.2) is 9.78 Å². The highest BCUT2D eigenvalue weighted by atomic mass is 16.4. The number of carbonyl (C=O) groups is 1. The molecule has 5 nitrogen and oxygen atoms in total. The zero-order chi connectivity index (χ0) is 10.1. The van der Waals surface area contributed by atoms with E-state index in [0.29, 0.717) is 11.2 Å². The molecule has 14 heavy (non-hydrogen) atoms. The molecule has 0 bridgehead atoms. The van der Waals surface area contributed by atoms with Crippen LogP contribution in [0.4, 0.5) is 0 Å². The van der Waals surface area contributed by atoms with Crippen molar-refractivity contribution >= 4 is 11.5 Å². The highest BCUT2D eigenvalue weighted by Gasteiger charge is 2.07. The summed E-state index contributed by atoms with van der Waals surface area (Å²) in [5, 5.41) is 17.4.